The van der Waals surface area contributed by atoms with Crippen LogP contribution in [-0.2, 0) is 56.9 Å². The van der Waals surface area contributed by atoms with Crippen LogP contribution in [0.1, 0.15) is 104 Å². The van der Waals surface area contributed by atoms with E-state index in [1.165, 1.54) is 4.31 Å². The Hall–Kier alpha value is -6.14. The molecule has 4 aromatic carbocycles. The fourth-order valence-corrected chi connectivity index (χ4v) is 15.0. The van der Waals surface area contributed by atoms with Crippen molar-refractivity contribution < 1.29 is 54.9 Å². The van der Waals surface area contributed by atoms with Crippen molar-refractivity contribution in [1.29, 1.82) is 0 Å². The van der Waals surface area contributed by atoms with Gasteiger partial charge in [-0.3, -0.25) is 24.5 Å². The van der Waals surface area contributed by atoms with Gasteiger partial charge in [0.25, 0.3) is 0 Å². The summed E-state index contributed by atoms with van der Waals surface area (Å²) in [6.07, 6.45) is 4.33. The number of rotatable bonds is 20. The number of nitrogens with one attached hydrogen (secondary N) is 1. The van der Waals surface area contributed by atoms with E-state index in [9.17, 15) is 31.2 Å². The summed E-state index contributed by atoms with van der Waals surface area (Å²) in [6.45, 7) is 17.0. The number of amides is 3. The van der Waals surface area contributed by atoms with Crippen LogP contribution in [0, 0.1) is 27.7 Å². The molecule has 4 aromatic rings. The number of likely N-dealkylation sites (N-methyl/N-ethyl adjacent to an activating group) is 2. The van der Waals surface area contributed by atoms with Gasteiger partial charge in [0.1, 0.15) is 42.0 Å². The van der Waals surface area contributed by atoms with Crippen LogP contribution in [-0.4, -0.2) is 181 Å². The van der Waals surface area contributed by atoms with Gasteiger partial charge in [0.05, 0.1) is 56.9 Å². The third kappa shape index (κ3) is 17.1. The number of carbonyl (C=O) groups is 3. The van der Waals surface area contributed by atoms with Crippen molar-refractivity contribution in [3.63, 3.8) is 0 Å². The number of sulfonamides is 2. The van der Waals surface area contributed by atoms with Crippen LogP contribution in [0.5, 0.6) is 11.5 Å². The van der Waals surface area contributed by atoms with Gasteiger partial charge in [0.2, 0.25) is 31.9 Å². The van der Waals surface area contributed by atoms with Crippen LogP contribution >= 0.6 is 12.4 Å². The lowest BCUT2D eigenvalue weighted by molar-refractivity contribution is -0.136. The van der Waals surface area contributed by atoms with E-state index in [1.807, 2.05) is 69.3 Å². The Bertz CT molecular complexity index is 3180. The smallest absolute Gasteiger partial charge is 0.416 e. The van der Waals surface area contributed by atoms with Gasteiger partial charge in [0, 0.05) is 70.0 Å². The maximum atomic E-state index is 13.8. The SMILES string of the molecule is COc1cc(C)c(S(=O)(=O)N2CCCCC2COCC(=O)N(C)Cc2ccc(C3=NCCN3)cc2)c(C)c1.COc1cc(C)c(S(=O)(=O)N2CCCCC2COCC(=O)N(C)Cc2ccc(C3=NCCN3C(=O)OC(C)(C)C)cc2)c(C)c1.Cl. The number of ether oxygens (including phenoxy) is 5. The fourth-order valence-electron chi connectivity index (χ4n) is 10.8. The van der Waals surface area contributed by atoms with Crippen molar-refractivity contribution in [2.75, 3.05) is 94.0 Å². The average molecular weight is 1220 g/mol. The molecule has 0 aromatic heterocycles. The number of halogens is 1. The van der Waals surface area contributed by atoms with Crippen molar-refractivity contribution in [3.8, 4) is 11.5 Å². The number of aryl methyl sites for hydroxylation is 4. The molecule has 2 atom stereocenters. The highest BCUT2D eigenvalue weighted by Gasteiger charge is 2.38. The van der Waals surface area contributed by atoms with Crippen molar-refractivity contribution in [1.82, 2.24) is 28.6 Å². The van der Waals surface area contributed by atoms with Crippen LogP contribution < -0.4 is 14.8 Å². The number of piperidine rings is 2. The van der Waals surface area contributed by atoms with Crippen molar-refractivity contribution in [2.24, 2.45) is 9.98 Å². The number of hydrogen-bond donors (Lipinski definition) is 1. The van der Waals surface area contributed by atoms with Gasteiger partial charge >= 0.3 is 6.09 Å². The molecule has 84 heavy (non-hydrogen) atoms. The van der Waals surface area contributed by atoms with E-state index in [4.69, 9.17) is 23.7 Å². The van der Waals surface area contributed by atoms with Gasteiger partial charge in [-0.25, -0.2) is 21.6 Å². The van der Waals surface area contributed by atoms with Gasteiger partial charge in [-0.2, -0.15) is 8.61 Å². The highest BCUT2D eigenvalue weighted by Crippen LogP contribution is 2.34. The highest BCUT2D eigenvalue weighted by molar-refractivity contribution is 7.89. The van der Waals surface area contributed by atoms with Crippen molar-refractivity contribution in [3.05, 3.63) is 117 Å². The number of benzene rings is 4. The van der Waals surface area contributed by atoms with Gasteiger partial charge in [-0.1, -0.05) is 61.4 Å². The van der Waals surface area contributed by atoms with E-state index in [0.29, 0.717) is 101 Å². The van der Waals surface area contributed by atoms with E-state index in [1.54, 1.807) is 99.3 Å². The van der Waals surface area contributed by atoms with E-state index in [2.05, 4.69) is 15.3 Å². The molecular weight excluding hydrogens is 1140 g/mol. The molecular formula is C61H85ClN8O12S2. The summed E-state index contributed by atoms with van der Waals surface area (Å²) in [6, 6.07) is 21.9. The normalized spacial score (nSPS) is 17.6. The van der Waals surface area contributed by atoms with Crippen LogP contribution in [0.25, 0.3) is 0 Å². The Morgan fingerprint density at radius 2 is 1.05 bits per heavy atom. The van der Waals surface area contributed by atoms with Crippen LogP contribution in [0.15, 0.2) is 92.6 Å². The molecule has 460 valence electrons. The maximum Gasteiger partial charge on any atom is 0.416 e. The minimum atomic E-state index is -3.77. The van der Waals surface area contributed by atoms with E-state index in [0.717, 1.165) is 66.9 Å². The number of carbonyl (C=O) groups excluding carboxylic acids is 3. The van der Waals surface area contributed by atoms with Gasteiger partial charge in [-0.15, -0.1) is 12.4 Å². The molecule has 3 amide bonds. The van der Waals surface area contributed by atoms with Crippen molar-refractivity contribution in [2.45, 2.75) is 128 Å². The Labute approximate surface area is 503 Å². The minimum absolute atomic E-state index is 0. The van der Waals surface area contributed by atoms with Crippen molar-refractivity contribution >= 4 is 62.0 Å². The van der Waals surface area contributed by atoms with E-state index in [-0.39, 0.29) is 62.7 Å². The van der Waals surface area contributed by atoms with Gasteiger partial charge in [0.15, 0.2) is 0 Å². The maximum absolute atomic E-state index is 13.8. The number of amidine groups is 2. The number of nitrogens with zero attached hydrogens (tertiary/aromatic N) is 7. The van der Waals surface area contributed by atoms with E-state index < -0.39 is 31.7 Å². The fraction of sp³-hybridized carbons (Fsp3) is 0.525. The molecule has 4 heterocycles. The second kappa shape index (κ2) is 29.8. The molecule has 2 fully saturated rings. The topological polar surface area (TPSA) is 219 Å². The molecule has 1 N–H and O–H groups in total. The Morgan fingerprint density at radius 3 is 1.44 bits per heavy atom. The lowest BCUT2D eigenvalue weighted by Crippen LogP contribution is -2.46. The third-order valence-corrected chi connectivity index (χ3v) is 19.5. The van der Waals surface area contributed by atoms with Crippen LogP contribution in [0.3, 0.4) is 0 Å². The zero-order chi connectivity index (χ0) is 60.2. The molecule has 4 aliphatic rings. The quantitative estimate of drug-likeness (QED) is 0.0893. The monoisotopic (exact) mass is 1220 g/mol. The molecule has 0 aliphatic carbocycles. The zero-order valence-corrected chi connectivity index (χ0v) is 53.0. The molecule has 0 spiro atoms. The lowest BCUT2D eigenvalue weighted by atomic mass is 10.1. The first-order chi connectivity index (χ1) is 39.4. The molecule has 20 nitrogen and oxygen atoms in total. The molecule has 8 rings (SSSR count). The average Bonchev–Trinajstić information content (AvgIpc) is 1.70. The number of methoxy groups -OCH3 is 2. The highest BCUT2D eigenvalue weighted by atomic mass is 35.5. The summed E-state index contributed by atoms with van der Waals surface area (Å²) in [5.74, 6) is 2.38. The molecule has 2 saturated heterocycles. The van der Waals surface area contributed by atoms with Gasteiger partial charge < -0.3 is 38.8 Å². The van der Waals surface area contributed by atoms with Crippen LogP contribution in [0.2, 0.25) is 0 Å². The molecule has 0 radical (unpaired) electrons. The van der Waals surface area contributed by atoms with E-state index >= 15 is 0 Å². The second-order valence-electron chi connectivity index (χ2n) is 22.6. The third-order valence-electron chi connectivity index (χ3n) is 14.9. The first-order valence-corrected chi connectivity index (χ1v) is 31.3. The first-order valence-electron chi connectivity index (χ1n) is 28.4. The minimum Gasteiger partial charge on any atom is -0.497 e. The molecule has 0 saturated carbocycles. The summed E-state index contributed by atoms with van der Waals surface area (Å²) in [7, 11) is -0.912. The van der Waals surface area contributed by atoms with Gasteiger partial charge in [-0.05, 0) is 132 Å². The summed E-state index contributed by atoms with van der Waals surface area (Å²) in [5, 5.41) is 3.26. The summed E-state index contributed by atoms with van der Waals surface area (Å²) in [4.78, 5) is 52.6. The summed E-state index contributed by atoms with van der Waals surface area (Å²) >= 11 is 0. The molecule has 0 bridgehead atoms. The summed E-state index contributed by atoms with van der Waals surface area (Å²) in [5.41, 5.74) is 5.75. The Balaban J connectivity index is 0.000000270. The predicted molar refractivity (Wildman–Crippen MR) is 326 cm³/mol. The summed E-state index contributed by atoms with van der Waals surface area (Å²) < 4.78 is 85.8. The molecule has 4 aliphatic heterocycles. The number of hydrogen-bond acceptors (Lipinski definition) is 15. The number of aliphatic imine (C=N–C) groups is 2. The standard InChI is InChI=1S/C33H46N4O7S.C28H38N4O5S.ClH/c1-23-18-28(42-7)19-24(2)30(23)45(40,41)37-16-9-8-10-27(37)21-43-22-29(38)35(6)20-25-11-13-26(14-12-25)31-34-15-17-36(31)32(39)44-33(3,4)5;1-20-15-25(36-4)16-21(2)27(20)38(34,35)32-14-6-5-7-24(32)18-37-19-26(33)31(3)17-22-8-10-23(11-9-22)28-29-12-13-30-28;/h11-14,18-19,27H,8-10,15-17,20-22H2,1-7H3;8-11,15-16,24H,5-7,12-14,17-19H2,1-4H3,(H,29,30);1H. The second-order valence-corrected chi connectivity index (χ2v) is 26.3. The first kappa shape index (κ1) is 67.0. The largest absolute Gasteiger partial charge is 0.497 e. The van der Waals surface area contributed by atoms with Crippen LogP contribution in [0.4, 0.5) is 4.79 Å². The Morgan fingerprint density at radius 1 is 0.619 bits per heavy atom. The Kier molecular flexibility index (Phi) is 23.8. The molecule has 23 heteroatoms. The predicted octanol–water partition coefficient (Wildman–Crippen LogP) is 7.83. The molecule has 2 unspecified atom stereocenters. The zero-order valence-electron chi connectivity index (χ0n) is 50.6. The lowest BCUT2D eigenvalue weighted by Gasteiger charge is -2.35.